The summed E-state index contributed by atoms with van der Waals surface area (Å²) in [6.07, 6.45) is 9.24. The summed E-state index contributed by atoms with van der Waals surface area (Å²) >= 11 is 0. The number of rotatable bonds is 7. The molecule has 1 atom stereocenters. The van der Waals surface area contributed by atoms with Gasteiger partial charge in [-0.3, -0.25) is 9.69 Å². The molecule has 1 saturated heterocycles. The first-order valence-corrected chi connectivity index (χ1v) is 9.26. The Bertz CT molecular complexity index is 794. The van der Waals surface area contributed by atoms with Crippen LogP contribution in [0.3, 0.4) is 0 Å². The Morgan fingerprint density at radius 1 is 1.38 bits per heavy atom. The van der Waals surface area contributed by atoms with E-state index < -0.39 is 5.97 Å². The Morgan fingerprint density at radius 3 is 2.88 bits per heavy atom. The van der Waals surface area contributed by atoms with Gasteiger partial charge in [0.1, 0.15) is 5.82 Å². The molecule has 1 aliphatic rings. The first-order valence-electron chi connectivity index (χ1n) is 9.26. The molecule has 138 valence electrons. The van der Waals surface area contributed by atoms with Crippen LogP contribution in [0.15, 0.2) is 42.7 Å². The number of aryl methyl sites for hydroxylation is 2. The summed E-state index contributed by atoms with van der Waals surface area (Å²) in [5, 5.41) is 9.09. The maximum atomic E-state index is 11.0. The number of nitrogens with zero attached hydrogens (tertiary/aromatic N) is 3. The third kappa shape index (κ3) is 4.22. The molecule has 1 aliphatic heterocycles. The monoisotopic (exact) mass is 353 g/mol. The van der Waals surface area contributed by atoms with Crippen LogP contribution in [0.4, 0.5) is 0 Å². The summed E-state index contributed by atoms with van der Waals surface area (Å²) in [7, 11) is 2.01. The number of hydrogen-bond donors (Lipinski definition) is 1. The van der Waals surface area contributed by atoms with Gasteiger partial charge in [0, 0.05) is 37.6 Å². The van der Waals surface area contributed by atoms with Crippen molar-refractivity contribution < 1.29 is 9.90 Å². The predicted molar refractivity (Wildman–Crippen MR) is 103 cm³/mol. The highest BCUT2D eigenvalue weighted by Crippen LogP contribution is 2.26. The first kappa shape index (κ1) is 18.4. The molecule has 1 N–H and O–H groups in total. The van der Waals surface area contributed by atoms with Crippen LogP contribution in [-0.2, 0) is 11.8 Å². The third-order valence-corrected chi connectivity index (χ3v) is 5.17. The molecule has 2 aromatic rings. The van der Waals surface area contributed by atoms with Crippen molar-refractivity contribution in [2.45, 2.75) is 38.6 Å². The van der Waals surface area contributed by atoms with Gasteiger partial charge in [0.25, 0.3) is 0 Å². The van der Waals surface area contributed by atoms with Crippen LogP contribution in [0, 0.1) is 6.92 Å². The molecule has 5 heteroatoms. The zero-order valence-corrected chi connectivity index (χ0v) is 15.6. The van der Waals surface area contributed by atoms with Gasteiger partial charge in [-0.1, -0.05) is 30.3 Å². The van der Waals surface area contributed by atoms with E-state index in [9.17, 15) is 4.79 Å². The highest BCUT2D eigenvalue weighted by Gasteiger charge is 2.25. The van der Waals surface area contributed by atoms with Crippen molar-refractivity contribution in [2.24, 2.45) is 7.05 Å². The van der Waals surface area contributed by atoms with Gasteiger partial charge in [0.2, 0.25) is 0 Å². The van der Waals surface area contributed by atoms with Gasteiger partial charge < -0.3 is 9.67 Å². The van der Waals surface area contributed by atoms with Crippen molar-refractivity contribution >= 4 is 11.5 Å². The van der Waals surface area contributed by atoms with Gasteiger partial charge in [-0.2, -0.15) is 0 Å². The third-order valence-electron chi connectivity index (χ3n) is 5.17. The number of aliphatic carboxylic acids is 1. The van der Waals surface area contributed by atoms with Crippen LogP contribution >= 0.6 is 0 Å². The second kappa shape index (κ2) is 8.32. The minimum Gasteiger partial charge on any atom is -0.481 e. The molecule has 0 spiro atoms. The van der Waals surface area contributed by atoms with Crippen LogP contribution in [0.2, 0.25) is 0 Å². The molecule has 1 aromatic heterocycles. The highest BCUT2D eigenvalue weighted by molar-refractivity contribution is 5.78. The smallest absolute Gasteiger partial charge is 0.304 e. The lowest BCUT2D eigenvalue weighted by Gasteiger charge is -2.22. The predicted octanol–water partition coefficient (Wildman–Crippen LogP) is 3.49. The molecule has 0 radical (unpaired) electrons. The normalized spacial score (nSPS) is 18.4. The zero-order valence-electron chi connectivity index (χ0n) is 15.6. The van der Waals surface area contributed by atoms with E-state index in [1.807, 2.05) is 24.0 Å². The van der Waals surface area contributed by atoms with Crippen molar-refractivity contribution in [3.63, 3.8) is 0 Å². The number of carbonyl (C=O) groups is 1. The molecule has 2 heterocycles. The highest BCUT2D eigenvalue weighted by atomic mass is 16.4. The minimum absolute atomic E-state index is 0.177. The van der Waals surface area contributed by atoms with E-state index in [1.165, 1.54) is 11.1 Å². The molecule has 0 unspecified atom stereocenters. The van der Waals surface area contributed by atoms with Crippen molar-refractivity contribution in [2.75, 3.05) is 13.1 Å². The largest absolute Gasteiger partial charge is 0.481 e. The lowest BCUT2D eigenvalue weighted by Crippen LogP contribution is -2.32. The Labute approximate surface area is 155 Å². The molecule has 0 bridgehead atoms. The van der Waals surface area contributed by atoms with Crippen LogP contribution in [0.1, 0.15) is 42.6 Å². The SMILES string of the molecule is Cc1ccccc1C(=CCCN1CCC[C@H]1CC(=O)O)c1nccn1C. The number of hydrogen-bond acceptors (Lipinski definition) is 3. The maximum Gasteiger partial charge on any atom is 0.304 e. The molecule has 0 aliphatic carbocycles. The molecule has 1 fully saturated rings. The van der Waals surface area contributed by atoms with E-state index in [1.54, 1.807) is 0 Å². The average molecular weight is 353 g/mol. The molecule has 1 aromatic carbocycles. The number of carboxylic acid groups (broad SMARTS) is 1. The number of imidazole rings is 1. The second-order valence-corrected chi connectivity index (χ2v) is 7.01. The van der Waals surface area contributed by atoms with E-state index in [-0.39, 0.29) is 12.5 Å². The van der Waals surface area contributed by atoms with E-state index in [0.29, 0.717) is 0 Å². The van der Waals surface area contributed by atoms with E-state index >= 15 is 0 Å². The summed E-state index contributed by atoms with van der Waals surface area (Å²) in [5.74, 6) is 0.258. The quantitative estimate of drug-likeness (QED) is 0.828. The Balaban J connectivity index is 1.79. The minimum atomic E-state index is -0.703. The molecule has 0 saturated carbocycles. The second-order valence-electron chi connectivity index (χ2n) is 7.01. The summed E-state index contributed by atoms with van der Waals surface area (Å²) in [6.45, 7) is 4.00. The molecule has 26 heavy (non-hydrogen) atoms. The molecular weight excluding hydrogens is 326 g/mol. The first-order chi connectivity index (χ1) is 12.6. The summed E-state index contributed by atoms with van der Waals surface area (Å²) in [5.41, 5.74) is 3.57. The topological polar surface area (TPSA) is 58.4 Å². The van der Waals surface area contributed by atoms with Crippen molar-refractivity contribution in [1.29, 1.82) is 0 Å². The summed E-state index contributed by atoms with van der Waals surface area (Å²) in [4.78, 5) is 17.9. The Morgan fingerprint density at radius 2 is 2.19 bits per heavy atom. The van der Waals surface area contributed by atoms with Gasteiger partial charge in [-0.25, -0.2) is 4.98 Å². The van der Waals surface area contributed by atoms with E-state index in [2.05, 4.69) is 47.1 Å². The van der Waals surface area contributed by atoms with E-state index in [0.717, 1.165) is 43.7 Å². The zero-order chi connectivity index (χ0) is 18.5. The fourth-order valence-corrected chi connectivity index (χ4v) is 3.82. The van der Waals surface area contributed by atoms with Crippen molar-refractivity contribution in [3.8, 4) is 0 Å². The number of aromatic nitrogens is 2. The van der Waals surface area contributed by atoms with Crippen LogP contribution in [0.25, 0.3) is 5.57 Å². The van der Waals surface area contributed by atoms with Gasteiger partial charge in [0.15, 0.2) is 0 Å². The molecule has 0 amide bonds. The lowest BCUT2D eigenvalue weighted by molar-refractivity contribution is -0.138. The fourth-order valence-electron chi connectivity index (χ4n) is 3.82. The van der Waals surface area contributed by atoms with Gasteiger partial charge in [-0.05, 0) is 43.9 Å². The number of carboxylic acids is 1. The Hall–Kier alpha value is -2.40. The average Bonchev–Trinajstić information content (AvgIpc) is 3.21. The van der Waals surface area contributed by atoms with Gasteiger partial charge >= 0.3 is 5.97 Å². The maximum absolute atomic E-state index is 11.0. The number of likely N-dealkylation sites (tertiary alicyclic amines) is 1. The van der Waals surface area contributed by atoms with Crippen LogP contribution in [0.5, 0.6) is 0 Å². The van der Waals surface area contributed by atoms with Crippen LogP contribution < -0.4 is 0 Å². The Kier molecular flexibility index (Phi) is 5.89. The molecular formula is C21H27N3O2. The van der Waals surface area contributed by atoms with Crippen LogP contribution in [-0.4, -0.2) is 44.7 Å². The summed E-state index contributed by atoms with van der Waals surface area (Å²) in [6, 6.07) is 8.54. The molecule has 3 rings (SSSR count). The number of benzene rings is 1. The van der Waals surface area contributed by atoms with Gasteiger partial charge in [-0.15, -0.1) is 0 Å². The fraction of sp³-hybridized carbons (Fsp3) is 0.429. The lowest BCUT2D eigenvalue weighted by atomic mass is 9.99. The standard InChI is InChI=1S/C21H27N3O2/c1-16-7-3-4-9-18(16)19(21-22-11-14-23(21)2)10-6-13-24-12-5-8-17(24)15-20(25)26/h3-4,7,9-11,14,17H,5-6,8,12-13,15H2,1-2H3,(H,25,26)/t17-/m0/s1. The van der Waals surface area contributed by atoms with Crippen molar-refractivity contribution in [3.05, 3.63) is 59.7 Å². The van der Waals surface area contributed by atoms with Gasteiger partial charge in [0.05, 0.1) is 6.42 Å². The van der Waals surface area contributed by atoms with Crippen molar-refractivity contribution in [1.82, 2.24) is 14.5 Å². The summed E-state index contributed by atoms with van der Waals surface area (Å²) < 4.78 is 2.04. The molecule has 5 nitrogen and oxygen atoms in total. The van der Waals surface area contributed by atoms with E-state index in [4.69, 9.17) is 5.11 Å².